The Morgan fingerprint density at radius 3 is 2.21 bits per heavy atom. The van der Waals surface area contributed by atoms with Gasteiger partial charge in [0.15, 0.2) is 0 Å². The van der Waals surface area contributed by atoms with Crippen LogP contribution in [0.25, 0.3) is 0 Å². The van der Waals surface area contributed by atoms with Gasteiger partial charge in [0, 0.05) is 37.3 Å². The van der Waals surface area contributed by atoms with Gasteiger partial charge < -0.3 is 5.32 Å². The van der Waals surface area contributed by atoms with E-state index in [1.165, 1.54) is 48.8 Å². The molecule has 1 atom stereocenters. The quantitative estimate of drug-likeness (QED) is 0.639. The van der Waals surface area contributed by atoms with Crippen LogP contribution >= 0.6 is 0 Å². The summed E-state index contributed by atoms with van der Waals surface area (Å²) in [7, 11) is 0. The van der Waals surface area contributed by atoms with Crippen molar-refractivity contribution in [3.05, 3.63) is 65.2 Å². The number of carbonyl (C=O) groups is 1. The predicted octanol–water partition coefficient (Wildman–Crippen LogP) is 5.45. The molecule has 1 aliphatic carbocycles. The zero-order chi connectivity index (χ0) is 22.4. The van der Waals surface area contributed by atoms with E-state index in [1.807, 2.05) is 4.90 Å². The molecule has 0 aromatic heterocycles. The van der Waals surface area contributed by atoms with Crippen molar-refractivity contribution in [3.8, 4) is 0 Å². The topological polar surface area (TPSA) is 47.9 Å². The van der Waals surface area contributed by atoms with E-state index >= 15 is 0 Å². The van der Waals surface area contributed by atoms with E-state index < -0.39 is 0 Å². The molecule has 1 unspecified atom stereocenters. The number of urea groups is 1. The van der Waals surface area contributed by atoms with E-state index in [1.54, 1.807) is 0 Å². The maximum atomic E-state index is 13.4. The SMILES string of the molecule is CC1c2ccc(cc2)CN2CCC3(CC2)C(NC2CCCCC2)=NC(=O)N3c2ccc1cc2. The number of nitrogens with zero attached hydrogens (tertiary/aromatic N) is 3. The Bertz CT molecular complexity index is 1040. The number of fused-ring (bicyclic) bond motifs is 3. The first-order valence-corrected chi connectivity index (χ1v) is 12.7. The number of hydrogen-bond donors (Lipinski definition) is 1. The average molecular weight is 443 g/mol. The zero-order valence-electron chi connectivity index (χ0n) is 19.6. The van der Waals surface area contributed by atoms with Crippen LogP contribution < -0.4 is 10.2 Å². The van der Waals surface area contributed by atoms with E-state index in [0.717, 1.165) is 44.0 Å². The second-order valence-electron chi connectivity index (χ2n) is 10.4. The van der Waals surface area contributed by atoms with Crippen molar-refractivity contribution in [1.82, 2.24) is 10.2 Å². The summed E-state index contributed by atoms with van der Waals surface area (Å²) in [6.45, 7) is 5.15. The van der Waals surface area contributed by atoms with E-state index in [4.69, 9.17) is 0 Å². The molecule has 5 nitrogen and oxygen atoms in total. The number of aliphatic imine (C=N–C) groups is 1. The van der Waals surface area contributed by atoms with Gasteiger partial charge in [-0.05, 0) is 54.5 Å². The molecule has 2 amide bonds. The number of amides is 2. The lowest BCUT2D eigenvalue weighted by molar-refractivity contribution is 0.181. The Labute approximate surface area is 196 Å². The van der Waals surface area contributed by atoms with Gasteiger partial charge >= 0.3 is 6.03 Å². The first-order chi connectivity index (χ1) is 16.1. The van der Waals surface area contributed by atoms with Crippen molar-refractivity contribution in [2.24, 2.45) is 4.99 Å². The maximum absolute atomic E-state index is 13.4. The molecule has 1 spiro atoms. The Kier molecular flexibility index (Phi) is 5.25. The summed E-state index contributed by atoms with van der Waals surface area (Å²) in [6.07, 6.45) is 8.03. The molecule has 5 heteroatoms. The minimum Gasteiger partial charge on any atom is -0.369 e. The smallest absolute Gasteiger partial charge is 0.350 e. The average Bonchev–Trinajstić information content (AvgIpc) is 3.10. The molecule has 0 radical (unpaired) electrons. The summed E-state index contributed by atoms with van der Waals surface area (Å²) in [5.74, 6) is 1.24. The lowest BCUT2D eigenvalue weighted by Crippen LogP contribution is -2.62. The third-order valence-electron chi connectivity index (χ3n) is 8.43. The normalized spacial score (nSPS) is 29.5. The second-order valence-corrected chi connectivity index (χ2v) is 10.4. The molecular formula is C28H34N4O. The van der Waals surface area contributed by atoms with Gasteiger partial charge in [-0.3, -0.25) is 9.80 Å². The number of piperidine rings is 1. The molecule has 33 heavy (non-hydrogen) atoms. The molecule has 1 saturated heterocycles. The molecule has 9 rings (SSSR count). The number of nitrogens with one attached hydrogen (secondary N) is 1. The van der Waals surface area contributed by atoms with Crippen LogP contribution in [-0.4, -0.2) is 41.4 Å². The van der Waals surface area contributed by atoms with Crippen molar-refractivity contribution in [2.75, 3.05) is 18.0 Å². The summed E-state index contributed by atoms with van der Waals surface area (Å²) < 4.78 is 0. The number of hydrogen-bond acceptors (Lipinski definition) is 3. The van der Waals surface area contributed by atoms with Gasteiger partial charge in [-0.25, -0.2) is 4.79 Å². The Hall–Kier alpha value is -2.66. The second kappa shape index (κ2) is 8.28. The van der Waals surface area contributed by atoms with Crippen LogP contribution in [-0.2, 0) is 6.54 Å². The summed E-state index contributed by atoms with van der Waals surface area (Å²) in [5.41, 5.74) is 4.58. The Morgan fingerprint density at radius 2 is 1.55 bits per heavy atom. The third-order valence-corrected chi connectivity index (χ3v) is 8.43. The number of benzene rings is 2. The van der Waals surface area contributed by atoms with Crippen LogP contribution in [0, 0.1) is 0 Å². The molecule has 6 aliphatic heterocycles. The van der Waals surface area contributed by atoms with Crippen LogP contribution in [0.2, 0.25) is 0 Å². The minimum atomic E-state index is -0.359. The molecule has 1 saturated carbocycles. The highest BCUT2D eigenvalue weighted by atomic mass is 16.2. The molecule has 2 fully saturated rings. The number of rotatable bonds is 1. The predicted molar refractivity (Wildman–Crippen MR) is 133 cm³/mol. The lowest BCUT2D eigenvalue weighted by atomic mass is 9.83. The molecule has 6 heterocycles. The fourth-order valence-electron chi connectivity index (χ4n) is 6.32. The standard InChI is InChI=1S/C28H34N4O/c1-20-22-9-7-21(8-10-22)19-31-17-15-28(16-18-31)26(29-24-5-3-2-4-6-24)30-27(33)32(28)25-13-11-23(20)12-14-25/h7-14,20,24H,2-6,15-19H2,1H3,(H,29,30,33). The van der Waals surface area contributed by atoms with Crippen molar-refractivity contribution in [1.29, 1.82) is 0 Å². The number of amidine groups is 1. The summed E-state index contributed by atoms with van der Waals surface area (Å²) in [6, 6.07) is 18.1. The zero-order valence-corrected chi connectivity index (χ0v) is 19.6. The van der Waals surface area contributed by atoms with Crippen molar-refractivity contribution in [2.45, 2.75) is 75.9 Å². The van der Waals surface area contributed by atoms with E-state index in [-0.39, 0.29) is 11.6 Å². The third kappa shape index (κ3) is 3.67. The summed E-state index contributed by atoms with van der Waals surface area (Å²) in [5, 5.41) is 3.77. The maximum Gasteiger partial charge on any atom is 0.350 e. The molecule has 172 valence electrons. The van der Waals surface area contributed by atoms with Gasteiger partial charge in [0.2, 0.25) is 0 Å². The molecule has 2 aromatic rings. The van der Waals surface area contributed by atoms with Gasteiger partial charge in [-0.15, -0.1) is 0 Å². The fraction of sp³-hybridized carbons (Fsp3) is 0.500. The lowest BCUT2D eigenvalue weighted by Gasteiger charge is -2.45. The van der Waals surface area contributed by atoms with Crippen LogP contribution in [0.1, 0.15) is 74.5 Å². The van der Waals surface area contributed by atoms with Crippen LogP contribution in [0.3, 0.4) is 0 Å². The van der Waals surface area contributed by atoms with Crippen LogP contribution in [0.15, 0.2) is 53.5 Å². The Balaban J connectivity index is 1.39. The van der Waals surface area contributed by atoms with Crippen LogP contribution in [0.5, 0.6) is 0 Å². The highest BCUT2D eigenvalue weighted by Crippen LogP contribution is 2.40. The van der Waals surface area contributed by atoms with E-state index in [2.05, 4.69) is 70.7 Å². The molecule has 2 aromatic carbocycles. The number of anilines is 1. The first kappa shape index (κ1) is 20.9. The largest absolute Gasteiger partial charge is 0.369 e. The highest BCUT2D eigenvalue weighted by molar-refractivity contribution is 6.16. The molecule has 7 aliphatic rings. The van der Waals surface area contributed by atoms with Crippen molar-refractivity contribution < 1.29 is 4.79 Å². The number of carbonyl (C=O) groups excluding carboxylic acids is 1. The first-order valence-electron chi connectivity index (χ1n) is 12.7. The van der Waals surface area contributed by atoms with Gasteiger partial charge in [0.1, 0.15) is 11.4 Å². The van der Waals surface area contributed by atoms with Gasteiger partial charge in [-0.1, -0.05) is 62.6 Å². The summed E-state index contributed by atoms with van der Waals surface area (Å²) >= 11 is 0. The molecule has 1 N–H and O–H groups in total. The van der Waals surface area contributed by atoms with Crippen LogP contribution in [0.4, 0.5) is 10.5 Å². The highest BCUT2D eigenvalue weighted by Gasteiger charge is 2.52. The molecule has 6 bridgehead atoms. The van der Waals surface area contributed by atoms with E-state index in [0.29, 0.717) is 12.0 Å². The van der Waals surface area contributed by atoms with E-state index in [9.17, 15) is 4.79 Å². The minimum absolute atomic E-state index is 0.112. The Morgan fingerprint density at radius 1 is 0.909 bits per heavy atom. The van der Waals surface area contributed by atoms with Crippen molar-refractivity contribution in [3.63, 3.8) is 0 Å². The van der Waals surface area contributed by atoms with Gasteiger partial charge in [0.05, 0.1) is 0 Å². The monoisotopic (exact) mass is 442 g/mol. The van der Waals surface area contributed by atoms with Gasteiger partial charge in [0.25, 0.3) is 0 Å². The van der Waals surface area contributed by atoms with Gasteiger partial charge in [-0.2, -0.15) is 4.99 Å². The van der Waals surface area contributed by atoms with Crippen molar-refractivity contribution >= 4 is 17.6 Å². The summed E-state index contributed by atoms with van der Waals surface area (Å²) in [4.78, 5) is 22.6. The molecular weight excluding hydrogens is 408 g/mol. The fourth-order valence-corrected chi connectivity index (χ4v) is 6.32.